The van der Waals surface area contributed by atoms with Crippen LogP contribution in [-0.4, -0.2) is 82.3 Å². The van der Waals surface area contributed by atoms with Gasteiger partial charge in [-0.1, -0.05) is 386 Å². The molecule has 0 saturated heterocycles. The Morgan fingerprint density at radius 3 is 0.831 bits per heavy atom. The summed E-state index contributed by atoms with van der Waals surface area (Å²) in [5.74, 6) is -2.25. The van der Waals surface area contributed by atoms with E-state index in [1.165, 1.54) is 360 Å². The predicted molar refractivity (Wildman–Crippen MR) is 380 cm³/mol. The fourth-order valence-electron chi connectivity index (χ4n) is 12.4. The number of quaternary nitrogens is 1. The van der Waals surface area contributed by atoms with Crippen molar-refractivity contribution in [1.29, 1.82) is 0 Å². The van der Waals surface area contributed by atoms with Crippen LogP contribution < -0.4 is 5.11 Å². The fraction of sp³-hybridized carbons (Fsp3) is 0.938. The minimum atomic E-state index is -1.62. The summed E-state index contributed by atoms with van der Waals surface area (Å²) < 4.78 is 22.9. The van der Waals surface area contributed by atoms with Crippen LogP contribution in [-0.2, 0) is 33.3 Å². The van der Waals surface area contributed by atoms with Crippen molar-refractivity contribution in [3.8, 4) is 0 Å². The highest BCUT2D eigenvalue weighted by atomic mass is 16.7. The number of unbranched alkanes of at least 4 members (excludes halogenated alkanes) is 59. The monoisotopic (exact) mass is 1260 g/mol. The first-order valence-corrected chi connectivity index (χ1v) is 39.8. The van der Waals surface area contributed by atoms with E-state index in [1.54, 1.807) is 0 Å². The van der Waals surface area contributed by atoms with Crippen LogP contribution in [0.15, 0.2) is 12.2 Å². The molecule has 0 aromatic heterocycles. The predicted octanol–water partition coefficient (Wildman–Crippen LogP) is 23.8. The van der Waals surface area contributed by atoms with E-state index in [0.717, 1.165) is 38.5 Å². The zero-order valence-electron chi connectivity index (χ0n) is 60.6. The third kappa shape index (κ3) is 73.3. The number of hydrogen-bond acceptors (Lipinski definition) is 8. The summed E-state index contributed by atoms with van der Waals surface area (Å²) in [5.41, 5.74) is 0. The molecule has 2 atom stereocenters. The van der Waals surface area contributed by atoms with Gasteiger partial charge in [0.15, 0.2) is 12.4 Å². The molecule has 0 aliphatic heterocycles. The van der Waals surface area contributed by atoms with Crippen molar-refractivity contribution in [3.63, 3.8) is 0 Å². The topological polar surface area (TPSA) is 111 Å². The maximum absolute atomic E-state index is 12.9. The summed E-state index contributed by atoms with van der Waals surface area (Å²) >= 11 is 0. The molecular weight excluding hydrogens is 1100 g/mol. The van der Waals surface area contributed by atoms with Crippen LogP contribution >= 0.6 is 0 Å². The molecule has 9 nitrogen and oxygen atoms in total. The normalized spacial score (nSPS) is 12.6. The van der Waals surface area contributed by atoms with Crippen molar-refractivity contribution < 1.29 is 42.9 Å². The molecular formula is C80H155NO8. The Hall–Kier alpha value is -1.97. The van der Waals surface area contributed by atoms with Gasteiger partial charge in [-0.05, 0) is 38.5 Å². The molecule has 0 aromatic carbocycles. The molecule has 0 aliphatic carbocycles. The molecule has 0 aromatic rings. The van der Waals surface area contributed by atoms with Gasteiger partial charge >= 0.3 is 11.9 Å². The molecule has 0 saturated carbocycles. The van der Waals surface area contributed by atoms with Crippen molar-refractivity contribution in [3.05, 3.63) is 12.2 Å². The van der Waals surface area contributed by atoms with E-state index in [1.807, 2.05) is 21.1 Å². The largest absolute Gasteiger partial charge is 0.545 e. The Morgan fingerprint density at radius 1 is 0.326 bits per heavy atom. The van der Waals surface area contributed by atoms with E-state index < -0.39 is 24.3 Å². The summed E-state index contributed by atoms with van der Waals surface area (Å²) in [6.45, 7) is 4.84. The molecule has 89 heavy (non-hydrogen) atoms. The molecule has 0 bridgehead atoms. The van der Waals surface area contributed by atoms with E-state index in [-0.39, 0.29) is 32.2 Å². The number of nitrogens with zero attached hydrogens (tertiary/aromatic N) is 1. The second kappa shape index (κ2) is 71.9. The average molecular weight is 1260 g/mol. The third-order valence-corrected chi connectivity index (χ3v) is 18.5. The van der Waals surface area contributed by atoms with Crippen LogP contribution in [0, 0.1) is 0 Å². The first kappa shape index (κ1) is 87.0. The number of likely N-dealkylation sites (N-methyl/N-ethyl adjacent to an activating group) is 1. The first-order chi connectivity index (χ1) is 43.6. The first-order valence-electron chi connectivity index (χ1n) is 39.8. The van der Waals surface area contributed by atoms with E-state index in [0.29, 0.717) is 17.4 Å². The quantitative estimate of drug-likeness (QED) is 0.0195. The van der Waals surface area contributed by atoms with Gasteiger partial charge < -0.3 is 33.3 Å². The van der Waals surface area contributed by atoms with E-state index in [4.69, 9.17) is 18.9 Å². The number of carbonyl (C=O) groups is 3. The van der Waals surface area contributed by atoms with Gasteiger partial charge in [0.05, 0.1) is 40.3 Å². The van der Waals surface area contributed by atoms with E-state index >= 15 is 0 Å². The van der Waals surface area contributed by atoms with Gasteiger partial charge in [0.2, 0.25) is 0 Å². The second-order valence-electron chi connectivity index (χ2n) is 28.7. The van der Waals surface area contributed by atoms with Crippen LogP contribution in [0.2, 0.25) is 0 Å². The standard InChI is InChI=1S/C80H155NO8/c1-6-8-10-12-14-16-18-20-22-24-26-28-30-32-33-34-35-36-37-38-39-40-41-42-43-44-45-47-48-50-52-54-56-58-60-62-64-66-68-70-77(82)87-74-76(75-88-80(79(84)85)86-73-72-81(3,4)5)89-78(83)71-69-67-65-63-61-59-57-55-53-51-49-46-31-29-27-25-23-21-19-17-15-13-11-9-7-2/h25,27,76,80H,6-24,26,28-75H2,1-5H3/b27-25-. The summed E-state index contributed by atoms with van der Waals surface area (Å²) in [4.78, 5) is 37.6. The fourth-order valence-corrected chi connectivity index (χ4v) is 12.4. The van der Waals surface area contributed by atoms with Gasteiger partial charge in [-0.3, -0.25) is 9.59 Å². The highest BCUT2D eigenvalue weighted by Gasteiger charge is 2.22. The Bertz CT molecular complexity index is 1460. The molecule has 0 amide bonds. The smallest absolute Gasteiger partial charge is 0.306 e. The van der Waals surface area contributed by atoms with Crippen molar-refractivity contribution in [2.24, 2.45) is 0 Å². The Morgan fingerprint density at radius 2 is 0.573 bits per heavy atom. The summed E-state index contributed by atoms with van der Waals surface area (Å²) in [7, 11) is 5.95. The molecule has 0 spiro atoms. The van der Waals surface area contributed by atoms with Crippen molar-refractivity contribution in [1.82, 2.24) is 0 Å². The Balaban J connectivity index is 3.92. The average Bonchev–Trinajstić information content (AvgIpc) is 3.64. The van der Waals surface area contributed by atoms with Crippen LogP contribution in [0.1, 0.15) is 425 Å². The minimum absolute atomic E-state index is 0.152. The van der Waals surface area contributed by atoms with Gasteiger partial charge in [-0.2, -0.15) is 0 Å². The second-order valence-corrected chi connectivity index (χ2v) is 28.7. The van der Waals surface area contributed by atoms with Crippen LogP contribution in [0.3, 0.4) is 0 Å². The van der Waals surface area contributed by atoms with Crippen LogP contribution in [0.25, 0.3) is 0 Å². The number of hydrogen-bond donors (Lipinski definition) is 0. The molecule has 0 radical (unpaired) electrons. The number of rotatable bonds is 76. The lowest BCUT2D eigenvalue weighted by Crippen LogP contribution is -2.44. The highest BCUT2D eigenvalue weighted by Crippen LogP contribution is 2.20. The number of esters is 2. The number of allylic oxidation sites excluding steroid dienone is 2. The summed E-state index contributed by atoms with van der Waals surface area (Å²) in [5, 5.41) is 11.8. The number of aliphatic carboxylic acids is 1. The zero-order chi connectivity index (χ0) is 64.7. The number of carboxylic acid groups (broad SMARTS) is 1. The van der Waals surface area contributed by atoms with Gasteiger partial charge in [-0.15, -0.1) is 0 Å². The molecule has 9 heteroatoms. The van der Waals surface area contributed by atoms with Gasteiger partial charge in [0.1, 0.15) is 13.2 Å². The van der Waals surface area contributed by atoms with Gasteiger partial charge in [0.25, 0.3) is 0 Å². The van der Waals surface area contributed by atoms with E-state index in [2.05, 4.69) is 26.0 Å². The van der Waals surface area contributed by atoms with Gasteiger partial charge in [-0.25, -0.2) is 0 Å². The molecule has 528 valence electrons. The molecule has 0 fully saturated rings. The number of ether oxygens (including phenoxy) is 4. The maximum Gasteiger partial charge on any atom is 0.306 e. The Labute approximate surface area is 555 Å². The molecule has 0 N–H and O–H groups in total. The molecule has 0 heterocycles. The lowest BCUT2D eigenvalue weighted by molar-refractivity contribution is -0.870. The van der Waals surface area contributed by atoms with Crippen LogP contribution in [0.5, 0.6) is 0 Å². The highest BCUT2D eigenvalue weighted by molar-refractivity contribution is 5.70. The lowest BCUT2D eigenvalue weighted by atomic mass is 10.0. The molecule has 0 aliphatic rings. The zero-order valence-corrected chi connectivity index (χ0v) is 60.6. The SMILES string of the molecule is CCCCCCCCCC/C=C\CCCCCCCCCCCCCCCC(=O)OC(COC(=O)CCCCCCCCCCCCCCCCCCCCCCCCCCCCCCCCCCCCCCCCC)COC(OCC[N+](C)(C)C)C(=O)[O-]. The van der Waals surface area contributed by atoms with Crippen molar-refractivity contribution in [2.75, 3.05) is 47.5 Å². The molecule has 0 rings (SSSR count). The summed E-state index contributed by atoms with van der Waals surface area (Å²) in [6, 6.07) is 0. The molecule has 2 unspecified atom stereocenters. The number of carbonyl (C=O) groups excluding carboxylic acids is 3. The Kier molecular flexibility index (Phi) is 70.3. The lowest BCUT2D eigenvalue weighted by Gasteiger charge is -2.26. The van der Waals surface area contributed by atoms with E-state index in [9.17, 15) is 19.5 Å². The minimum Gasteiger partial charge on any atom is -0.545 e. The van der Waals surface area contributed by atoms with Crippen LogP contribution in [0.4, 0.5) is 0 Å². The number of carboxylic acids is 1. The van der Waals surface area contributed by atoms with Crippen molar-refractivity contribution >= 4 is 17.9 Å². The maximum atomic E-state index is 12.9. The third-order valence-electron chi connectivity index (χ3n) is 18.5. The summed E-state index contributed by atoms with van der Waals surface area (Å²) in [6.07, 6.45) is 86.4. The van der Waals surface area contributed by atoms with Crippen molar-refractivity contribution in [2.45, 2.75) is 437 Å². The van der Waals surface area contributed by atoms with Gasteiger partial charge in [0, 0.05) is 12.8 Å².